The molecule has 1 atom stereocenters. The lowest BCUT2D eigenvalue weighted by molar-refractivity contribution is -0.137. The molecule has 1 N–H and O–H groups in total. The van der Waals surface area contributed by atoms with Crippen LogP contribution in [0, 0.1) is 0 Å². The van der Waals surface area contributed by atoms with Crippen molar-refractivity contribution in [2.75, 3.05) is 27.7 Å². The van der Waals surface area contributed by atoms with E-state index in [1.165, 1.54) is 7.11 Å². The van der Waals surface area contributed by atoms with E-state index in [0.29, 0.717) is 5.75 Å². The highest BCUT2D eigenvalue weighted by Gasteiger charge is 2.30. The molecule has 0 aliphatic heterocycles. The summed E-state index contributed by atoms with van der Waals surface area (Å²) in [6.45, 7) is 0.0452. The third-order valence-electron chi connectivity index (χ3n) is 4.06. The molecule has 0 aliphatic rings. The van der Waals surface area contributed by atoms with Crippen LogP contribution in [0.15, 0.2) is 53.4 Å². The van der Waals surface area contributed by atoms with Crippen LogP contribution in [-0.2, 0) is 16.2 Å². The molecule has 9 heteroatoms. The second-order valence-electron chi connectivity index (χ2n) is 6.13. The Balaban J connectivity index is 2.18. The summed E-state index contributed by atoms with van der Waals surface area (Å²) in [4.78, 5) is 1.61. The summed E-state index contributed by atoms with van der Waals surface area (Å²) in [6.07, 6.45) is -4.52. The van der Waals surface area contributed by atoms with Crippen LogP contribution < -0.4 is 9.46 Å². The van der Waals surface area contributed by atoms with E-state index in [4.69, 9.17) is 4.74 Å². The SMILES string of the molecule is COc1cccc(C(CNS(=O)(=O)c2ccc(C(F)(F)F)cc2)N(C)C)c1. The van der Waals surface area contributed by atoms with Gasteiger partial charge < -0.3 is 9.64 Å². The maximum absolute atomic E-state index is 12.6. The number of sulfonamides is 1. The standard InChI is InChI=1S/C18H21F3N2O3S/c1-23(2)17(13-5-4-6-15(11-13)26-3)12-22-27(24,25)16-9-7-14(8-10-16)18(19,20)21/h4-11,17,22H,12H2,1-3H3. The van der Waals surface area contributed by atoms with Gasteiger partial charge >= 0.3 is 6.18 Å². The molecule has 0 fully saturated rings. The van der Waals surface area contributed by atoms with Crippen LogP contribution in [0.25, 0.3) is 0 Å². The highest BCUT2D eigenvalue weighted by Crippen LogP contribution is 2.30. The van der Waals surface area contributed by atoms with Gasteiger partial charge in [-0.3, -0.25) is 0 Å². The number of hydrogen-bond donors (Lipinski definition) is 1. The first-order valence-electron chi connectivity index (χ1n) is 8.02. The second-order valence-corrected chi connectivity index (χ2v) is 7.90. The fourth-order valence-electron chi connectivity index (χ4n) is 2.54. The van der Waals surface area contributed by atoms with Gasteiger partial charge in [0.2, 0.25) is 10.0 Å². The molecule has 27 heavy (non-hydrogen) atoms. The normalized spacial score (nSPS) is 13.6. The lowest BCUT2D eigenvalue weighted by Crippen LogP contribution is -2.34. The fourth-order valence-corrected chi connectivity index (χ4v) is 3.58. The Labute approximate surface area is 156 Å². The van der Waals surface area contributed by atoms with Crippen LogP contribution in [0.1, 0.15) is 17.2 Å². The van der Waals surface area contributed by atoms with Gasteiger partial charge in [0.15, 0.2) is 0 Å². The molecule has 0 bridgehead atoms. The molecular weight excluding hydrogens is 381 g/mol. The van der Waals surface area contributed by atoms with Crippen molar-refractivity contribution in [3.8, 4) is 5.75 Å². The number of nitrogens with zero attached hydrogens (tertiary/aromatic N) is 1. The summed E-state index contributed by atoms with van der Waals surface area (Å²) in [5, 5.41) is 0. The molecular formula is C18H21F3N2O3S. The molecule has 1 unspecified atom stereocenters. The largest absolute Gasteiger partial charge is 0.497 e. The number of alkyl halides is 3. The molecule has 0 amide bonds. The molecule has 0 saturated heterocycles. The molecule has 0 spiro atoms. The van der Waals surface area contributed by atoms with Crippen molar-refractivity contribution < 1.29 is 26.3 Å². The molecule has 2 rings (SSSR count). The first kappa shape index (κ1) is 21.2. The summed E-state index contributed by atoms with van der Waals surface area (Å²) in [5.74, 6) is 0.643. The molecule has 5 nitrogen and oxygen atoms in total. The highest BCUT2D eigenvalue weighted by molar-refractivity contribution is 7.89. The topological polar surface area (TPSA) is 58.6 Å². The van der Waals surface area contributed by atoms with E-state index in [1.807, 2.05) is 11.0 Å². The van der Waals surface area contributed by atoms with Gasteiger partial charge in [-0.1, -0.05) is 12.1 Å². The third kappa shape index (κ3) is 5.44. The Morgan fingerprint density at radius 3 is 2.26 bits per heavy atom. The van der Waals surface area contributed by atoms with Crippen LogP contribution in [0.2, 0.25) is 0 Å². The molecule has 148 valence electrons. The minimum absolute atomic E-state index is 0.0452. The zero-order valence-electron chi connectivity index (χ0n) is 15.1. The van der Waals surface area contributed by atoms with Gasteiger partial charge in [0.25, 0.3) is 0 Å². The molecule has 2 aromatic rings. The van der Waals surface area contributed by atoms with E-state index in [1.54, 1.807) is 32.3 Å². The third-order valence-corrected chi connectivity index (χ3v) is 5.50. The second kappa shape index (κ2) is 8.28. The number of halogens is 3. The van der Waals surface area contributed by atoms with Gasteiger partial charge in [0, 0.05) is 12.6 Å². The highest BCUT2D eigenvalue weighted by atomic mass is 32.2. The number of nitrogens with one attached hydrogen (secondary N) is 1. The van der Waals surface area contributed by atoms with Crippen molar-refractivity contribution in [3.63, 3.8) is 0 Å². The quantitative estimate of drug-likeness (QED) is 0.772. The summed E-state index contributed by atoms with van der Waals surface area (Å²) < 4.78 is 70.4. The number of hydrogen-bond acceptors (Lipinski definition) is 4. The summed E-state index contributed by atoms with van der Waals surface area (Å²) in [5.41, 5.74) is -0.0570. The number of likely N-dealkylation sites (N-methyl/N-ethyl adjacent to an activating group) is 1. The number of benzene rings is 2. The predicted octanol–water partition coefficient (Wildman–Crippen LogP) is 3.30. The maximum atomic E-state index is 12.6. The average molecular weight is 402 g/mol. The molecule has 2 aromatic carbocycles. The van der Waals surface area contributed by atoms with Crippen LogP contribution in [0.4, 0.5) is 13.2 Å². The van der Waals surface area contributed by atoms with E-state index >= 15 is 0 Å². The van der Waals surface area contributed by atoms with E-state index < -0.39 is 21.8 Å². The lowest BCUT2D eigenvalue weighted by Gasteiger charge is -2.25. The summed E-state index contributed by atoms with van der Waals surface area (Å²) in [6, 6.07) is 10.3. The van der Waals surface area contributed by atoms with Crippen molar-refractivity contribution >= 4 is 10.0 Å². The minimum atomic E-state index is -4.52. The van der Waals surface area contributed by atoms with E-state index in [9.17, 15) is 21.6 Å². The van der Waals surface area contributed by atoms with Crippen LogP contribution in [0.3, 0.4) is 0 Å². The smallest absolute Gasteiger partial charge is 0.416 e. The lowest BCUT2D eigenvalue weighted by atomic mass is 10.1. The van der Waals surface area contributed by atoms with Gasteiger partial charge in [0.1, 0.15) is 5.75 Å². The minimum Gasteiger partial charge on any atom is -0.497 e. The van der Waals surface area contributed by atoms with E-state index in [0.717, 1.165) is 29.8 Å². The van der Waals surface area contributed by atoms with Crippen molar-refractivity contribution in [1.82, 2.24) is 9.62 Å². The first-order valence-corrected chi connectivity index (χ1v) is 9.50. The Morgan fingerprint density at radius 1 is 1.11 bits per heavy atom. The first-order chi connectivity index (χ1) is 12.5. The number of methoxy groups -OCH3 is 1. The Bertz CT molecular complexity index is 866. The predicted molar refractivity (Wildman–Crippen MR) is 96.1 cm³/mol. The number of ether oxygens (including phenoxy) is 1. The summed E-state index contributed by atoms with van der Waals surface area (Å²) in [7, 11) is 1.19. The molecule has 0 aromatic heterocycles. The van der Waals surface area contributed by atoms with E-state index in [-0.39, 0.29) is 17.5 Å². The van der Waals surface area contributed by atoms with Crippen LogP contribution in [0.5, 0.6) is 5.75 Å². The average Bonchev–Trinajstić information content (AvgIpc) is 2.61. The zero-order valence-corrected chi connectivity index (χ0v) is 15.9. The van der Waals surface area contributed by atoms with Gasteiger partial charge in [-0.15, -0.1) is 0 Å². The van der Waals surface area contributed by atoms with Crippen molar-refractivity contribution in [1.29, 1.82) is 0 Å². The van der Waals surface area contributed by atoms with Crippen molar-refractivity contribution in [2.24, 2.45) is 0 Å². The van der Waals surface area contributed by atoms with Crippen LogP contribution in [-0.4, -0.2) is 41.1 Å². The van der Waals surface area contributed by atoms with Gasteiger partial charge in [0.05, 0.1) is 17.6 Å². The summed E-state index contributed by atoms with van der Waals surface area (Å²) >= 11 is 0. The van der Waals surface area contributed by atoms with Gasteiger partial charge in [-0.25, -0.2) is 13.1 Å². The molecule has 0 aliphatic carbocycles. The molecule has 0 heterocycles. The zero-order chi connectivity index (χ0) is 20.2. The monoisotopic (exact) mass is 402 g/mol. The molecule has 0 radical (unpaired) electrons. The Hall–Kier alpha value is -2.10. The Morgan fingerprint density at radius 2 is 1.74 bits per heavy atom. The maximum Gasteiger partial charge on any atom is 0.416 e. The van der Waals surface area contributed by atoms with Crippen LogP contribution >= 0.6 is 0 Å². The van der Waals surface area contributed by atoms with Gasteiger partial charge in [-0.05, 0) is 56.1 Å². The van der Waals surface area contributed by atoms with E-state index in [2.05, 4.69) is 4.72 Å². The van der Waals surface area contributed by atoms with Crippen molar-refractivity contribution in [3.05, 3.63) is 59.7 Å². The van der Waals surface area contributed by atoms with Gasteiger partial charge in [-0.2, -0.15) is 13.2 Å². The van der Waals surface area contributed by atoms with Crippen molar-refractivity contribution in [2.45, 2.75) is 17.1 Å². The number of rotatable bonds is 7. The Kier molecular flexibility index (Phi) is 6.50. The molecule has 0 saturated carbocycles. The fraction of sp³-hybridized carbons (Fsp3) is 0.333.